The van der Waals surface area contributed by atoms with E-state index in [1.165, 1.54) is 218 Å². The van der Waals surface area contributed by atoms with Crippen LogP contribution in [0.4, 0.5) is 0 Å². The fourth-order valence-electron chi connectivity index (χ4n) is 8.75. The van der Waals surface area contributed by atoms with Crippen LogP contribution in [0.3, 0.4) is 0 Å². The fourth-order valence-corrected chi connectivity index (χ4v) is 8.75. The molecule has 0 aliphatic rings. The van der Waals surface area contributed by atoms with E-state index in [0.717, 1.165) is 63.7 Å². The zero-order valence-electron chi connectivity index (χ0n) is 43.0. The quantitative estimate of drug-likeness (QED) is 0.0344. The molecule has 0 N–H and O–H groups in total. The van der Waals surface area contributed by atoms with Crippen LogP contribution < -0.4 is 0 Å². The van der Waals surface area contributed by atoms with Crippen LogP contribution in [0.15, 0.2) is 0 Å². The van der Waals surface area contributed by atoms with Crippen molar-refractivity contribution < 1.29 is 28.6 Å². The van der Waals surface area contributed by atoms with Crippen LogP contribution in [0.5, 0.6) is 0 Å². The lowest BCUT2D eigenvalue weighted by molar-refractivity contribution is -0.167. The molecule has 1 atom stereocenters. The first-order valence-electron chi connectivity index (χ1n) is 28.4. The van der Waals surface area contributed by atoms with Crippen LogP contribution >= 0.6 is 0 Å². The number of carbonyl (C=O) groups is 3. The summed E-state index contributed by atoms with van der Waals surface area (Å²) in [5, 5.41) is 0. The van der Waals surface area contributed by atoms with E-state index in [1.54, 1.807) is 0 Å². The number of hydrogen-bond donors (Lipinski definition) is 0. The van der Waals surface area contributed by atoms with Gasteiger partial charge in [0, 0.05) is 19.3 Å². The van der Waals surface area contributed by atoms with Gasteiger partial charge in [0.25, 0.3) is 0 Å². The maximum Gasteiger partial charge on any atom is 0.306 e. The van der Waals surface area contributed by atoms with E-state index in [-0.39, 0.29) is 31.1 Å². The van der Waals surface area contributed by atoms with E-state index in [9.17, 15) is 14.4 Å². The summed E-state index contributed by atoms with van der Waals surface area (Å²) in [6.45, 7) is 9.06. The first kappa shape index (κ1) is 61.4. The van der Waals surface area contributed by atoms with Crippen LogP contribution in [-0.4, -0.2) is 37.2 Å². The van der Waals surface area contributed by atoms with Crippen molar-refractivity contribution in [2.45, 2.75) is 329 Å². The first-order valence-corrected chi connectivity index (χ1v) is 28.4. The number of rotatable bonds is 52. The highest BCUT2D eigenvalue weighted by molar-refractivity contribution is 5.71. The summed E-state index contributed by atoms with van der Waals surface area (Å²) in [7, 11) is 0. The maximum absolute atomic E-state index is 12.8. The average Bonchev–Trinajstić information content (AvgIpc) is 3.27. The van der Waals surface area contributed by atoms with Gasteiger partial charge in [-0.2, -0.15) is 0 Å². The standard InChI is InChI=1S/C57H110O6/c1-5-7-9-11-13-15-17-19-21-25-28-32-36-40-44-48-55(58)61-51-54(63-57(60)50-46-42-38-34-30-24-20-18-16-14-12-10-8-6-2)52-62-56(59)49-45-41-37-33-29-26-22-23-27-31-35-39-43-47-53(3)4/h53-54H,5-52H2,1-4H3/t54-/m1/s1. The second-order valence-corrected chi connectivity index (χ2v) is 20.1. The third-order valence-electron chi connectivity index (χ3n) is 13.0. The number of hydrogen-bond acceptors (Lipinski definition) is 6. The second kappa shape index (κ2) is 51.4. The molecule has 374 valence electrons. The molecule has 0 aromatic carbocycles. The highest BCUT2D eigenvalue weighted by atomic mass is 16.6. The molecule has 0 fully saturated rings. The molecule has 0 radical (unpaired) electrons. The van der Waals surface area contributed by atoms with E-state index in [1.807, 2.05) is 0 Å². The van der Waals surface area contributed by atoms with Crippen LogP contribution in [-0.2, 0) is 28.6 Å². The van der Waals surface area contributed by atoms with Crippen molar-refractivity contribution >= 4 is 17.9 Å². The first-order chi connectivity index (χ1) is 30.9. The molecule has 0 aliphatic carbocycles. The van der Waals surface area contributed by atoms with Crippen molar-refractivity contribution in [3.63, 3.8) is 0 Å². The molecule has 0 bridgehead atoms. The van der Waals surface area contributed by atoms with Gasteiger partial charge < -0.3 is 14.2 Å². The Morgan fingerprint density at radius 2 is 0.524 bits per heavy atom. The molecule has 0 amide bonds. The van der Waals surface area contributed by atoms with Crippen molar-refractivity contribution in [2.24, 2.45) is 5.92 Å². The molecule has 63 heavy (non-hydrogen) atoms. The summed E-state index contributed by atoms with van der Waals surface area (Å²) < 4.78 is 16.9. The Balaban J connectivity index is 4.30. The van der Waals surface area contributed by atoms with E-state index in [4.69, 9.17) is 14.2 Å². The highest BCUT2D eigenvalue weighted by Crippen LogP contribution is 2.18. The molecular formula is C57H110O6. The lowest BCUT2D eigenvalue weighted by Crippen LogP contribution is -2.30. The van der Waals surface area contributed by atoms with Gasteiger partial charge in [-0.05, 0) is 25.2 Å². The predicted octanol–water partition coefficient (Wildman–Crippen LogP) is 18.6. The number of unbranched alkanes of at least 4 members (excludes halogenated alkanes) is 39. The molecule has 6 heteroatoms. The maximum atomic E-state index is 12.8. The van der Waals surface area contributed by atoms with Crippen LogP contribution in [0.25, 0.3) is 0 Å². The summed E-state index contributed by atoms with van der Waals surface area (Å²) in [6.07, 6.45) is 55.1. The summed E-state index contributed by atoms with van der Waals surface area (Å²) in [5.41, 5.74) is 0. The van der Waals surface area contributed by atoms with Crippen molar-refractivity contribution in [1.82, 2.24) is 0 Å². The summed E-state index contributed by atoms with van der Waals surface area (Å²) in [4.78, 5) is 38.1. The normalized spacial score (nSPS) is 12.0. The van der Waals surface area contributed by atoms with E-state index in [0.29, 0.717) is 19.3 Å². The molecule has 0 unspecified atom stereocenters. The lowest BCUT2D eigenvalue weighted by Gasteiger charge is -2.18. The van der Waals surface area contributed by atoms with Gasteiger partial charge in [0.05, 0.1) is 0 Å². The van der Waals surface area contributed by atoms with Gasteiger partial charge in [0.1, 0.15) is 13.2 Å². The Morgan fingerprint density at radius 3 is 0.778 bits per heavy atom. The number of ether oxygens (including phenoxy) is 3. The van der Waals surface area contributed by atoms with Crippen molar-refractivity contribution in [2.75, 3.05) is 13.2 Å². The Morgan fingerprint density at radius 1 is 0.302 bits per heavy atom. The van der Waals surface area contributed by atoms with Crippen molar-refractivity contribution in [3.05, 3.63) is 0 Å². The third-order valence-corrected chi connectivity index (χ3v) is 13.0. The van der Waals surface area contributed by atoms with Gasteiger partial charge in [-0.3, -0.25) is 14.4 Å². The van der Waals surface area contributed by atoms with Crippen LogP contribution in [0.2, 0.25) is 0 Å². The molecule has 0 saturated heterocycles. The van der Waals surface area contributed by atoms with E-state index in [2.05, 4.69) is 27.7 Å². The molecule has 0 rings (SSSR count). The molecule has 0 spiro atoms. The molecule has 0 aromatic rings. The molecule has 0 aromatic heterocycles. The van der Waals surface area contributed by atoms with Crippen molar-refractivity contribution in [1.29, 1.82) is 0 Å². The SMILES string of the molecule is CCCCCCCCCCCCCCCCCC(=O)OC[C@H](COC(=O)CCCCCCCCCCCCCCCC(C)C)OC(=O)CCCCCCCCCCCCCCCC. The Hall–Kier alpha value is -1.59. The third kappa shape index (κ3) is 51.3. The van der Waals surface area contributed by atoms with Gasteiger partial charge in [0.2, 0.25) is 0 Å². The monoisotopic (exact) mass is 891 g/mol. The molecule has 0 aliphatic heterocycles. The van der Waals surface area contributed by atoms with Crippen LogP contribution in [0, 0.1) is 5.92 Å². The fraction of sp³-hybridized carbons (Fsp3) is 0.947. The Labute approximate surface area is 393 Å². The second-order valence-electron chi connectivity index (χ2n) is 20.1. The topological polar surface area (TPSA) is 78.9 Å². The molecular weight excluding hydrogens is 781 g/mol. The van der Waals surface area contributed by atoms with Gasteiger partial charge in [-0.15, -0.1) is 0 Å². The minimum atomic E-state index is -0.761. The largest absolute Gasteiger partial charge is 0.462 e. The van der Waals surface area contributed by atoms with Gasteiger partial charge in [0.15, 0.2) is 6.10 Å². The Bertz CT molecular complexity index is 949. The predicted molar refractivity (Wildman–Crippen MR) is 270 cm³/mol. The number of esters is 3. The van der Waals surface area contributed by atoms with Gasteiger partial charge in [-0.1, -0.05) is 285 Å². The molecule has 6 nitrogen and oxygen atoms in total. The lowest BCUT2D eigenvalue weighted by atomic mass is 10.0. The van der Waals surface area contributed by atoms with Gasteiger partial charge in [-0.25, -0.2) is 0 Å². The molecule has 0 heterocycles. The summed E-state index contributed by atoms with van der Waals surface area (Å²) in [5.74, 6) is 0.00372. The van der Waals surface area contributed by atoms with E-state index < -0.39 is 6.10 Å². The van der Waals surface area contributed by atoms with Crippen molar-refractivity contribution in [3.8, 4) is 0 Å². The minimum Gasteiger partial charge on any atom is -0.462 e. The summed E-state index contributed by atoms with van der Waals surface area (Å²) >= 11 is 0. The number of carbonyl (C=O) groups excluding carboxylic acids is 3. The minimum absolute atomic E-state index is 0.0619. The van der Waals surface area contributed by atoms with Crippen LogP contribution in [0.1, 0.15) is 323 Å². The van der Waals surface area contributed by atoms with Gasteiger partial charge >= 0.3 is 17.9 Å². The summed E-state index contributed by atoms with van der Waals surface area (Å²) in [6, 6.07) is 0. The van der Waals surface area contributed by atoms with E-state index >= 15 is 0 Å². The zero-order valence-corrected chi connectivity index (χ0v) is 43.0. The highest BCUT2D eigenvalue weighted by Gasteiger charge is 2.19. The Kier molecular flexibility index (Phi) is 50.1. The molecule has 0 saturated carbocycles. The smallest absolute Gasteiger partial charge is 0.306 e. The zero-order chi connectivity index (χ0) is 45.9. The average molecular weight is 892 g/mol.